The number of nitrogens with zero attached hydrogens (tertiary/aromatic N) is 1. The number of nitrogen functional groups attached to an aromatic ring is 1. The van der Waals surface area contributed by atoms with Crippen molar-refractivity contribution in [3.8, 4) is 0 Å². The lowest BCUT2D eigenvalue weighted by Gasteiger charge is -2.37. The Morgan fingerprint density at radius 1 is 1.11 bits per heavy atom. The molecule has 0 radical (unpaired) electrons. The van der Waals surface area contributed by atoms with Crippen LogP contribution >= 0.6 is 11.8 Å². The Labute approximate surface area is 167 Å². The average molecular weight is 392 g/mol. The zero-order valence-corrected chi connectivity index (χ0v) is 16.0. The number of hydrogen-bond donors (Lipinski definition) is 1. The summed E-state index contributed by atoms with van der Waals surface area (Å²) >= 11 is 1.74. The summed E-state index contributed by atoms with van der Waals surface area (Å²) in [7, 11) is 0. The van der Waals surface area contributed by atoms with E-state index < -0.39 is 0 Å². The van der Waals surface area contributed by atoms with Crippen LogP contribution in [0.25, 0.3) is 0 Å². The summed E-state index contributed by atoms with van der Waals surface area (Å²) in [4.78, 5) is 16.3. The Kier molecular flexibility index (Phi) is 4.37. The van der Waals surface area contributed by atoms with Crippen LogP contribution in [-0.2, 0) is 14.3 Å². The number of fused-ring (bicyclic) bond motifs is 2. The second-order valence-corrected chi connectivity index (χ2v) is 8.03. The number of carbonyl (C=O) groups excluding carboxylic acids is 1. The average Bonchev–Trinajstić information content (AvgIpc) is 2.73. The maximum absolute atomic E-state index is 12.3. The van der Waals surface area contributed by atoms with Crippen LogP contribution in [0, 0.1) is 0 Å². The third-order valence-electron chi connectivity index (χ3n) is 5.26. The van der Waals surface area contributed by atoms with Crippen LogP contribution in [0.1, 0.15) is 17.0 Å². The molecular formula is C22H20N2O3S. The number of carbonyl (C=O) groups is 1. The van der Waals surface area contributed by atoms with Crippen molar-refractivity contribution in [2.45, 2.75) is 21.8 Å². The molecule has 2 atom stereocenters. The van der Waals surface area contributed by atoms with Crippen LogP contribution in [-0.4, -0.2) is 36.7 Å². The second-order valence-electron chi connectivity index (χ2n) is 6.95. The number of hydrogen-bond acceptors (Lipinski definition) is 5. The van der Waals surface area contributed by atoms with Gasteiger partial charge in [0, 0.05) is 21.0 Å². The molecule has 2 aromatic carbocycles. The smallest absolute Gasteiger partial charge is 0.255 e. The molecule has 0 aromatic heterocycles. The van der Waals surface area contributed by atoms with E-state index in [9.17, 15) is 4.79 Å². The summed E-state index contributed by atoms with van der Waals surface area (Å²) in [5, 5.41) is 0. The molecule has 0 saturated carbocycles. The molecule has 5 rings (SSSR count). The molecule has 5 nitrogen and oxygen atoms in total. The maximum Gasteiger partial charge on any atom is 0.255 e. The third-order valence-corrected chi connectivity index (χ3v) is 6.43. The Bertz CT molecular complexity index is 1000. The van der Waals surface area contributed by atoms with E-state index in [1.807, 2.05) is 36.4 Å². The number of morpholine rings is 1. The molecule has 1 saturated heterocycles. The lowest BCUT2D eigenvalue weighted by molar-refractivity contribution is -0.144. The van der Waals surface area contributed by atoms with Gasteiger partial charge in [0.05, 0.1) is 19.1 Å². The van der Waals surface area contributed by atoms with Gasteiger partial charge in [-0.15, -0.1) is 0 Å². The molecule has 142 valence electrons. The molecule has 3 heterocycles. The number of rotatable bonds is 2. The highest BCUT2D eigenvalue weighted by Crippen LogP contribution is 2.50. The van der Waals surface area contributed by atoms with Crippen LogP contribution in [0.4, 0.5) is 5.69 Å². The minimum absolute atomic E-state index is 0.0373. The molecular weight excluding hydrogens is 372 g/mol. The molecule has 0 bridgehead atoms. The summed E-state index contributed by atoms with van der Waals surface area (Å²) in [6.45, 7) is 1.11. The summed E-state index contributed by atoms with van der Waals surface area (Å²) in [5.41, 5.74) is 9.46. The molecule has 2 N–H and O–H groups in total. The maximum atomic E-state index is 12.3. The molecule has 2 aromatic rings. The van der Waals surface area contributed by atoms with Crippen LogP contribution in [0.15, 0.2) is 76.4 Å². The van der Waals surface area contributed by atoms with Crippen molar-refractivity contribution in [2.75, 3.05) is 25.5 Å². The fourth-order valence-corrected chi connectivity index (χ4v) is 5.18. The van der Waals surface area contributed by atoms with Crippen LogP contribution in [0.5, 0.6) is 0 Å². The molecule has 0 spiro atoms. The van der Waals surface area contributed by atoms with E-state index >= 15 is 0 Å². The van der Waals surface area contributed by atoms with Crippen molar-refractivity contribution in [2.24, 2.45) is 0 Å². The van der Waals surface area contributed by atoms with Crippen molar-refractivity contribution in [3.05, 3.63) is 77.7 Å². The topological polar surface area (TPSA) is 64.8 Å². The number of benzene rings is 2. The van der Waals surface area contributed by atoms with Gasteiger partial charge in [0.15, 0.2) is 5.88 Å². The van der Waals surface area contributed by atoms with E-state index in [0.29, 0.717) is 19.0 Å². The highest BCUT2D eigenvalue weighted by atomic mass is 32.2. The minimum atomic E-state index is -0.249. The largest absolute Gasteiger partial charge is 0.470 e. The van der Waals surface area contributed by atoms with Gasteiger partial charge in [-0.1, -0.05) is 42.1 Å². The number of nitrogens with two attached hydrogens (primary N) is 1. The molecule has 1 fully saturated rings. The minimum Gasteiger partial charge on any atom is -0.470 e. The molecule has 1 amide bonds. The van der Waals surface area contributed by atoms with E-state index in [-0.39, 0.29) is 24.5 Å². The van der Waals surface area contributed by atoms with Gasteiger partial charge in [-0.25, -0.2) is 0 Å². The van der Waals surface area contributed by atoms with E-state index in [1.54, 1.807) is 16.7 Å². The van der Waals surface area contributed by atoms with Crippen molar-refractivity contribution in [1.29, 1.82) is 0 Å². The Morgan fingerprint density at radius 2 is 1.96 bits per heavy atom. The first-order valence-electron chi connectivity index (χ1n) is 9.31. The molecule has 3 aliphatic rings. The van der Waals surface area contributed by atoms with Gasteiger partial charge in [-0.05, 0) is 35.9 Å². The highest BCUT2D eigenvalue weighted by molar-refractivity contribution is 7.99. The summed E-state index contributed by atoms with van der Waals surface area (Å²) < 4.78 is 11.6. The Morgan fingerprint density at radius 3 is 2.86 bits per heavy atom. The van der Waals surface area contributed by atoms with Crippen LogP contribution in [0.3, 0.4) is 0 Å². The van der Waals surface area contributed by atoms with E-state index in [1.165, 1.54) is 10.5 Å². The first-order valence-corrected chi connectivity index (χ1v) is 10.1. The normalized spacial score (nSPS) is 23.5. The third kappa shape index (κ3) is 2.89. The Balaban J connectivity index is 1.54. The van der Waals surface area contributed by atoms with Gasteiger partial charge in [0.2, 0.25) is 0 Å². The van der Waals surface area contributed by atoms with Crippen molar-refractivity contribution >= 4 is 23.4 Å². The zero-order valence-electron chi connectivity index (χ0n) is 15.2. The van der Waals surface area contributed by atoms with E-state index in [4.69, 9.17) is 15.2 Å². The molecule has 2 unspecified atom stereocenters. The molecule has 28 heavy (non-hydrogen) atoms. The Hall–Kier alpha value is -2.70. The lowest BCUT2D eigenvalue weighted by atomic mass is 9.84. The van der Waals surface area contributed by atoms with E-state index in [0.717, 1.165) is 16.1 Å². The molecule has 0 aliphatic carbocycles. The molecule has 3 aliphatic heterocycles. The number of anilines is 1. The fourth-order valence-electron chi connectivity index (χ4n) is 3.98. The fraction of sp³-hybridized carbons (Fsp3) is 0.227. The van der Waals surface area contributed by atoms with Gasteiger partial charge in [0.1, 0.15) is 12.7 Å². The number of ether oxygens (including phenoxy) is 2. The van der Waals surface area contributed by atoms with Crippen molar-refractivity contribution in [1.82, 2.24) is 4.90 Å². The number of allylic oxidation sites excluding steroid dienone is 2. The van der Waals surface area contributed by atoms with Crippen molar-refractivity contribution in [3.63, 3.8) is 0 Å². The first-order chi connectivity index (χ1) is 13.7. The van der Waals surface area contributed by atoms with Crippen molar-refractivity contribution < 1.29 is 14.3 Å². The summed E-state index contributed by atoms with van der Waals surface area (Å²) in [5.74, 6) is 0.461. The SMILES string of the molecule is Nc1cccc2c1C(C1C=CC=C(N3CCOCC3=O)O1)c1ccccc1S2. The number of amides is 1. The first kappa shape index (κ1) is 17.4. The van der Waals surface area contributed by atoms with E-state index in [2.05, 4.69) is 24.3 Å². The van der Waals surface area contributed by atoms with Gasteiger partial charge in [-0.2, -0.15) is 0 Å². The predicted octanol–water partition coefficient (Wildman–Crippen LogP) is 3.52. The van der Waals surface area contributed by atoms with Gasteiger partial charge in [-0.3, -0.25) is 9.69 Å². The van der Waals surface area contributed by atoms with Gasteiger partial charge >= 0.3 is 0 Å². The predicted molar refractivity (Wildman–Crippen MR) is 108 cm³/mol. The summed E-state index contributed by atoms with van der Waals surface area (Å²) in [6.07, 6.45) is 5.61. The quantitative estimate of drug-likeness (QED) is 0.793. The zero-order chi connectivity index (χ0) is 19.1. The summed E-state index contributed by atoms with van der Waals surface area (Å²) in [6, 6.07) is 14.4. The van der Waals surface area contributed by atoms with Gasteiger partial charge in [0.25, 0.3) is 5.91 Å². The molecule has 6 heteroatoms. The standard InChI is InChI=1S/C22H20N2O3S/c23-15-6-3-9-18-22(15)21(14-5-1-2-8-17(14)28-18)16-7-4-10-20(27-16)24-11-12-26-13-19(24)25/h1-10,16,21H,11-13,23H2. The van der Waals surface area contributed by atoms with Crippen LogP contribution in [0.2, 0.25) is 0 Å². The van der Waals surface area contributed by atoms with Gasteiger partial charge < -0.3 is 15.2 Å². The second kappa shape index (κ2) is 7.04. The monoisotopic (exact) mass is 392 g/mol. The highest BCUT2D eigenvalue weighted by Gasteiger charge is 2.36. The van der Waals surface area contributed by atoms with Crippen LogP contribution < -0.4 is 5.73 Å². The lowest BCUT2D eigenvalue weighted by Crippen LogP contribution is -2.43.